The second-order valence-corrected chi connectivity index (χ2v) is 9.83. The fraction of sp³-hybridized carbons (Fsp3) is 0.440. The average molecular weight is 420 g/mol. The first-order valence-electron chi connectivity index (χ1n) is 10.7. The Bertz CT molecular complexity index is 1010. The van der Waals surface area contributed by atoms with Gasteiger partial charge in [0.2, 0.25) is 11.8 Å². The lowest BCUT2D eigenvalue weighted by Gasteiger charge is -2.28. The molecule has 3 amide bonds. The number of aryl methyl sites for hydroxylation is 1. The van der Waals surface area contributed by atoms with Gasteiger partial charge in [-0.2, -0.15) is 0 Å². The van der Waals surface area contributed by atoms with E-state index < -0.39 is 6.04 Å². The van der Waals surface area contributed by atoms with Gasteiger partial charge in [0, 0.05) is 24.9 Å². The van der Waals surface area contributed by atoms with E-state index in [1.54, 1.807) is 29.4 Å². The third-order valence-corrected chi connectivity index (χ3v) is 7.42. The minimum atomic E-state index is -0.811. The molecule has 1 saturated heterocycles. The third kappa shape index (κ3) is 3.44. The number of aromatic nitrogens is 1. The van der Waals surface area contributed by atoms with Crippen molar-refractivity contribution in [1.82, 2.24) is 9.88 Å². The number of imide groups is 1. The van der Waals surface area contributed by atoms with E-state index in [0.717, 1.165) is 11.1 Å². The molecule has 2 heterocycles. The number of hydrogen-bond acceptors (Lipinski definition) is 4. The number of rotatable bonds is 5. The van der Waals surface area contributed by atoms with E-state index in [1.807, 2.05) is 31.2 Å². The van der Waals surface area contributed by atoms with Crippen LogP contribution in [-0.2, 0) is 20.9 Å². The Morgan fingerprint density at radius 3 is 2.29 bits per heavy atom. The third-order valence-electron chi connectivity index (χ3n) is 7.42. The lowest BCUT2D eigenvalue weighted by Crippen LogP contribution is -2.46. The molecule has 1 aliphatic heterocycles. The molecule has 0 spiro atoms. The average Bonchev–Trinajstić information content (AvgIpc) is 2.96. The summed E-state index contributed by atoms with van der Waals surface area (Å²) in [5.41, 5.74) is 2.09. The quantitative estimate of drug-likeness (QED) is 0.693. The van der Waals surface area contributed by atoms with Gasteiger partial charge in [-0.05, 0) is 41.5 Å². The normalized spacial score (nSPS) is 22.0. The summed E-state index contributed by atoms with van der Waals surface area (Å²) in [6, 6.07) is 10.2. The Morgan fingerprint density at radius 1 is 1.10 bits per heavy atom. The van der Waals surface area contributed by atoms with E-state index in [0.29, 0.717) is 5.69 Å². The van der Waals surface area contributed by atoms with Crippen LogP contribution in [0.2, 0.25) is 0 Å². The molecule has 0 bridgehead atoms. The lowest BCUT2D eigenvalue weighted by molar-refractivity contribution is -0.141. The van der Waals surface area contributed by atoms with Crippen molar-refractivity contribution in [3.8, 4) is 0 Å². The maximum atomic E-state index is 13.7. The van der Waals surface area contributed by atoms with Crippen LogP contribution in [0.5, 0.6) is 0 Å². The van der Waals surface area contributed by atoms with E-state index in [-0.39, 0.29) is 47.4 Å². The molecule has 0 radical (unpaired) electrons. The highest BCUT2D eigenvalue weighted by molar-refractivity contribution is 6.23. The summed E-state index contributed by atoms with van der Waals surface area (Å²) in [4.78, 5) is 46.9. The van der Waals surface area contributed by atoms with Gasteiger partial charge in [0.1, 0.15) is 6.04 Å². The zero-order chi connectivity index (χ0) is 22.6. The molecule has 4 rings (SSSR count). The maximum absolute atomic E-state index is 13.7. The van der Waals surface area contributed by atoms with Gasteiger partial charge in [-0.25, -0.2) is 4.90 Å². The van der Waals surface area contributed by atoms with E-state index >= 15 is 0 Å². The molecule has 1 saturated carbocycles. The van der Waals surface area contributed by atoms with Gasteiger partial charge < -0.3 is 4.90 Å². The number of carbonyl (C=O) groups is 3. The zero-order valence-corrected chi connectivity index (χ0v) is 18.8. The van der Waals surface area contributed by atoms with Crippen molar-refractivity contribution in [3.63, 3.8) is 0 Å². The zero-order valence-electron chi connectivity index (χ0n) is 18.8. The van der Waals surface area contributed by atoms with Crippen molar-refractivity contribution in [2.75, 3.05) is 4.90 Å². The molecule has 1 unspecified atom stereocenters. The van der Waals surface area contributed by atoms with Crippen LogP contribution in [0.1, 0.15) is 45.2 Å². The fourth-order valence-electron chi connectivity index (χ4n) is 4.83. The molecule has 2 fully saturated rings. The van der Waals surface area contributed by atoms with Crippen LogP contribution in [0, 0.1) is 23.7 Å². The van der Waals surface area contributed by atoms with Gasteiger partial charge in [-0.3, -0.25) is 19.4 Å². The molecule has 1 aliphatic carbocycles. The minimum absolute atomic E-state index is 0.00765. The SMILES string of the molecule is Cc1ccc(N2C(=O)CC(N(Cc3cccnc3)C(=O)C3C(C)(C)C3(C)C)C2=O)cc1. The van der Waals surface area contributed by atoms with Crippen LogP contribution >= 0.6 is 0 Å². The standard InChI is InChI=1S/C25H29N3O3/c1-16-8-10-18(11-9-16)28-20(29)13-19(22(28)30)27(15-17-7-6-12-26-14-17)23(31)21-24(2,3)25(21,4)5/h6-12,14,19,21H,13,15H2,1-5H3. The van der Waals surface area contributed by atoms with Crippen molar-refractivity contribution < 1.29 is 14.4 Å². The molecule has 6 heteroatoms. The molecular formula is C25H29N3O3. The second kappa shape index (κ2) is 7.29. The van der Waals surface area contributed by atoms with E-state index in [9.17, 15) is 14.4 Å². The van der Waals surface area contributed by atoms with Crippen LogP contribution in [0.15, 0.2) is 48.8 Å². The van der Waals surface area contributed by atoms with Crippen molar-refractivity contribution >= 4 is 23.4 Å². The number of nitrogens with zero attached hydrogens (tertiary/aromatic N) is 3. The molecular weight excluding hydrogens is 390 g/mol. The first kappa shape index (κ1) is 21.2. The highest BCUT2D eigenvalue weighted by Gasteiger charge is 2.69. The van der Waals surface area contributed by atoms with E-state index in [4.69, 9.17) is 0 Å². The van der Waals surface area contributed by atoms with Crippen LogP contribution < -0.4 is 4.90 Å². The summed E-state index contributed by atoms with van der Waals surface area (Å²) in [5, 5.41) is 0. The molecule has 1 aromatic heterocycles. The fourth-order valence-corrected chi connectivity index (χ4v) is 4.83. The molecule has 1 aromatic carbocycles. The van der Waals surface area contributed by atoms with Crippen molar-refractivity contribution in [1.29, 1.82) is 0 Å². The molecule has 0 N–H and O–H groups in total. The Kier molecular flexibility index (Phi) is 4.99. The summed E-state index contributed by atoms with van der Waals surface area (Å²) in [6.45, 7) is 10.5. The molecule has 2 aromatic rings. The summed E-state index contributed by atoms with van der Waals surface area (Å²) >= 11 is 0. The highest BCUT2D eigenvalue weighted by Crippen LogP contribution is 2.69. The number of hydrogen-bond donors (Lipinski definition) is 0. The number of pyridine rings is 1. The number of carbonyl (C=O) groups excluding carboxylic acids is 3. The largest absolute Gasteiger partial charge is 0.325 e. The van der Waals surface area contributed by atoms with Crippen LogP contribution in [0.25, 0.3) is 0 Å². The number of anilines is 1. The van der Waals surface area contributed by atoms with Gasteiger partial charge >= 0.3 is 0 Å². The topological polar surface area (TPSA) is 70.6 Å². The Morgan fingerprint density at radius 2 is 1.74 bits per heavy atom. The van der Waals surface area contributed by atoms with Crippen LogP contribution in [0.3, 0.4) is 0 Å². The van der Waals surface area contributed by atoms with Crippen LogP contribution in [0.4, 0.5) is 5.69 Å². The van der Waals surface area contributed by atoms with Gasteiger partial charge in [-0.15, -0.1) is 0 Å². The van der Waals surface area contributed by atoms with Gasteiger partial charge in [-0.1, -0.05) is 51.5 Å². The van der Waals surface area contributed by atoms with Gasteiger partial charge in [0.05, 0.1) is 12.1 Å². The first-order chi connectivity index (χ1) is 14.6. The summed E-state index contributed by atoms with van der Waals surface area (Å²) in [5.74, 6) is -0.900. The van der Waals surface area contributed by atoms with E-state index in [2.05, 4.69) is 32.7 Å². The monoisotopic (exact) mass is 419 g/mol. The predicted molar refractivity (Wildman–Crippen MR) is 118 cm³/mol. The Hall–Kier alpha value is -3.02. The maximum Gasteiger partial charge on any atom is 0.257 e. The molecule has 1 atom stereocenters. The molecule has 6 nitrogen and oxygen atoms in total. The van der Waals surface area contributed by atoms with Crippen molar-refractivity contribution in [2.45, 2.75) is 53.6 Å². The molecule has 31 heavy (non-hydrogen) atoms. The molecule has 162 valence electrons. The van der Waals surface area contributed by atoms with Gasteiger partial charge in [0.25, 0.3) is 5.91 Å². The number of amides is 3. The minimum Gasteiger partial charge on any atom is -0.325 e. The second-order valence-electron chi connectivity index (χ2n) is 9.83. The van der Waals surface area contributed by atoms with E-state index in [1.165, 1.54) is 4.90 Å². The Balaban J connectivity index is 1.67. The molecule has 2 aliphatic rings. The summed E-state index contributed by atoms with van der Waals surface area (Å²) in [7, 11) is 0. The Labute approximate surface area is 183 Å². The predicted octanol–water partition coefficient (Wildman–Crippen LogP) is 3.73. The highest BCUT2D eigenvalue weighted by atomic mass is 16.2. The van der Waals surface area contributed by atoms with Crippen molar-refractivity contribution in [3.05, 3.63) is 59.9 Å². The number of benzene rings is 1. The lowest BCUT2D eigenvalue weighted by atomic mass is 10.0. The smallest absolute Gasteiger partial charge is 0.257 e. The summed E-state index contributed by atoms with van der Waals surface area (Å²) in [6.07, 6.45) is 3.36. The summed E-state index contributed by atoms with van der Waals surface area (Å²) < 4.78 is 0. The van der Waals surface area contributed by atoms with Crippen LogP contribution in [-0.4, -0.2) is 33.6 Å². The van der Waals surface area contributed by atoms with Crippen molar-refractivity contribution in [2.24, 2.45) is 16.7 Å². The van der Waals surface area contributed by atoms with Gasteiger partial charge in [0.15, 0.2) is 0 Å². The first-order valence-corrected chi connectivity index (χ1v) is 10.7.